The van der Waals surface area contributed by atoms with E-state index in [0.29, 0.717) is 5.02 Å². The normalized spacial score (nSPS) is 10.3. The summed E-state index contributed by atoms with van der Waals surface area (Å²) in [4.78, 5) is 1.99. The highest BCUT2D eigenvalue weighted by molar-refractivity contribution is 6.30. The number of rotatable bonds is 4. The molecule has 2 aromatic carbocycles. The fourth-order valence-electron chi connectivity index (χ4n) is 1.97. The smallest absolute Gasteiger partial charge is 0.120 e. The zero-order chi connectivity index (χ0) is 13.8. The fraction of sp³-hybridized carbons (Fsp3) is 0.200. The predicted octanol–water partition coefficient (Wildman–Crippen LogP) is 3.61. The Bertz CT molecular complexity index is 572. The molecule has 0 saturated carbocycles. The van der Waals surface area contributed by atoms with Crippen LogP contribution in [-0.2, 0) is 6.61 Å². The summed E-state index contributed by atoms with van der Waals surface area (Å²) in [6.07, 6.45) is 0. The summed E-state index contributed by atoms with van der Waals surface area (Å²) < 4.78 is 5.22. The van der Waals surface area contributed by atoms with Crippen molar-refractivity contribution in [3.8, 4) is 5.75 Å². The molecular weight excluding hydrogens is 262 g/mol. The van der Waals surface area contributed by atoms with E-state index in [-0.39, 0.29) is 6.61 Å². The Morgan fingerprint density at radius 3 is 2.68 bits per heavy atom. The molecule has 0 radical (unpaired) electrons. The molecule has 0 fully saturated rings. The molecule has 2 aromatic rings. The predicted molar refractivity (Wildman–Crippen MR) is 78.4 cm³/mol. The maximum Gasteiger partial charge on any atom is 0.120 e. The van der Waals surface area contributed by atoms with Gasteiger partial charge < -0.3 is 14.7 Å². The number of benzene rings is 2. The monoisotopic (exact) mass is 277 g/mol. The van der Waals surface area contributed by atoms with Crippen molar-refractivity contribution in [2.45, 2.75) is 6.61 Å². The van der Waals surface area contributed by atoms with Crippen LogP contribution in [0, 0.1) is 0 Å². The summed E-state index contributed by atoms with van der Waals surface area (Å²) in [5, 5.41) is 10.0. The van der Waals surface area contributed by atoms with Crippen molar-refractivity contribution in [1.82, 2.24) is 0 Å². The number of halogens is 1. The average Bonchev–Trinajstić information content (AvgIpc) is 2.46. The summed E-state index contributed by atoms with van der Waals surface area (Å²) in [6.45, 7) is -0.0514. The number of hydrogen-bond acceptors (Lipinski definition) is 3. The Morgan fingerprint density at radius 2 is 2.00 bits per heavy atom. The van der Waals surface area contributed by atoms with Crippen LogP contribution in [0.15, 0.2) is 42.5 Å². The molecule has 0 atom stereocenters. The first kappa shape index (κ1) is 13.7. The van der Waals surface area contributed by atoms with E-state index in [1.54, 1.807) is 13.2 Å². The van der Waals surface area contributed by atoms with Crippen LogP contribution in [0.3, 0.4) is 0 Å². The number of aliphatic hydroxyl groups excluding tert-OH is 1. The minimum absolute atomic E-state index is 0.0514. The highest BCUT2D eigenvalue weighted by Crippen LogP contribution is 2.30. The quantitative estimate of drug-likeness (QED) is 0.927. The Kier molecular flexibility index (Phi) is 4.30. The lowest BCUT2D eigenvalue weighted by atomic mass is 10.1. The van der Waals surface area contributed by atoms with Crippen LogP contribution in [0.25, 0.3) is 0 Å². The van der Waals surface area contributed by atoms with Crippen LogP contribution in [0.1, 0.15) is 5.56 Å². The molecule has 3 nitrogen and oxygen atoms in total. The van der Waals surface area contributed by atoms with Crippen molar-refractivity contribution in [2.24, 2.45) is 0 Å². The lowest BCUT2D eigenvalue weighted by Gasteiger charge is -2.22. The Hall–Kier alpha value is -1.71. The third-order valence-electron chi connectivity index (χ3n) is 3.01. The zero-order valence-corrected chi connectivity index (χ0v) is 11.7. The minimum atomic E-state index is -0.0514. The number of nitrogens with zero attached hydrogens (tertiary/aromatic N) is 1. The molecular formula is C15H16ClNO2. The van der Waals surface area contributed by atoms with Gasteiger partial charge >= 0.3 is 0 Å². The average molecular weight is 278 g/mol. The van der Waals surface area contributed by atoms with E-state index in [1.165, 1.54) is 0 Å². The van der Waals surface area contributed by atoms with Crippen LogP contribution >= 0.6 is 11.6 Å². The van der Waals surface area contributed by atoms with Gasteiger partial charge in [0, 0.05) is 35.1 Å². The van der Waals surface area contributed by atoms with Gasteiger partial charge in [-0.05, 0) is 30.3 Å². The van der Waals surface area contributed by atoms with Crippen LogP contribution < -0.4 is 9.64 Å². The van der Waals surface area contributed by atoms with Gasteiger partial charge in [0.25, 0.3) is 0 Å². The molecule has 0 aliphatic heterocycles. The number of methoxy groups -OCH3 is 1. The van der Waals surface area contributed by atoms with Gasteiger partial charge in [0.1, 0.15) is 5.75 Å². The molecule has 0 amide bonds. The standard InChI is InChI=1S/C15H16ClNO2/c1-17(13-4-3-5-14(9-13)19-2)15-7-6-12(16)8-11(15)10-18/h3-9,18H,10H2,1-2H3. The Morgan fingerprint density at radius 1 is 1.21 bits per heavy atom. The van der Waals surface area contributed by atoms with Gasteiger partial charge in [0.15, 0.2) is 0 Å². The van der Waals surface area contributed by atoms with E-state index in [9.17, 15) is 5.11 Å². The van der Waals surface area contributed by atoms with Gasteiger partial charge in [-0.25, -0.2) is 0 Å². The first-order valence-corrected chi connectivity index (χ1v) is 6.30. The number of ether oxygens (including phenoxy) is 1. The van der Waals surface area contributed by atoms with Gasteiger partial charge in [-0.1, -0.05) is 17.7 Å². The number of aliphatic hydroxyl groups is 1. The highest BCUT2D eigenvalue weighted by atomic mass is 35.5. The van der Waals surface area contributed by atoms with Gasteiger partial charge in [-0.15, -0.1) is 0 Å². The SMILES string of the molecule is COc1cccc(N(C)c2ccc(Cl)cc2CO)c1. The molecule has 1 N–H and O–H groups in total. The van der Waals surface area contributed by atoms with Crippen LogP contribution in [0.4, 0.5) is 11.4 Å². The van der Waals surface area contributed by atoms with E-state index in [2.05, 4.69) is 0 Å². The summed E-state index contributed by atoms with van der Waals surface area (Å²) in [7, 11) is 3.58. The Balaban J connectivity index is 2.40. The molecule has 19 heavy (non-hydrogen) atoms. The van der Waals surface area contributed by atoms with Crippen LogP contribution in [0.5, 0.6) is 5.75 Å². The number of hydrogen-bond donors (Lipinski definition) is 1. The minimum Gasteiger partial charge on any atom is -0.497 e. The summed E-state index contributed by atoms with van der Waals surface area (Å²) in [5.41, 5.74) is 2.69. The highest BCUT2D eigenvalue weighted by Gasteiger charge is 2.10. The van der Waals surface area contributed by atoms with Gasteiger partial charge in [-0.3, -0.25) is 0 Å². The van der Waals surface area contributed by atoms with Crippen molar-refractivity contribution in [1.29, 1.82) is 0 Å². The molecule has 100 valence electrons. The topological polar surface area (TPSA) is 32.7 Å². The first-order chi connectivity index (χ1) is 9.15. The maximum atomic E-state index is 9.43. The van der Waals surface area contributed by atoms with E-state index in [4.69, 9.17) is 16.3 Å². The summed E-state index contributed by atoms with van der Waals surface area (Å²) in [6, 6.07) is 13.2. The molecule has 0 saturated heterocycles. The van der Waals surface area contributed by atoms with Gasteiger partial charge in [0.2, 0.25) is 0 Å². The molecule has 0 aromatic heterocycles. The molecule has 0 aliphatic rings. The third-order valence-corrected chi connectivity index (χ3v) is 3.25. The molecule has 0 heterocycles. The second-order valence-electron chi connectivity index (χ2n) is 4.19. The summed E-state index contributed by atoms with van der Waals surface area (Å²) in [5.74, 6) is 0.795. The third kappa shape index (κ3) is 3.00. The van der Waals surface area contributed by atoms with Crippen molar-refractivity contribution >= 4 is 23.0 Å². The molecule has 0 unspecified atom stereocenters. The molecule has 4 heteroatoms. The second-order valence-corrected chi connectivity index (χ2v) is 4.63. The molecule has 0 aliphatic carbocycles. The van der Waals surface area contributed by atoms with Crippen LogP contribution in [-0.4, -0.2) is 19.3 Å². The molecule has 0 bridgehead atoms. The largest absolute Gasteiger partial charge is 0.497 e. The number of anilines is 2. The summed E-state index contributed by atoms with van der Waals surface area (Å²) >= 11 is 5.94. The zero-order valence-electron chi connectivity index (χ0n) is 10.9. The first-order valence-electron chi connectivity index (χ1n) is 5.92. The van der Waals surface area contributed by atoms with Crippen molar-refractivity contribution in [3.63, 3.8) is 0 Å². The second kappa shape index (κ2) is 5.95. The maximum absolute atomic E-state index is 9.43. The van der Waals surface area contributed by atoms with Crippen molar-refractivity contribution in [3.05, 3.63) is 53.1 Å². The lowest BCUT2D eigenvalue weighted by Crippen LogP contribution is -2.11. The van der Waals surface area contributed by atoms with E-state index in [0.717, 1.165) is 22.7 Å². The van der Waals surface area contributed by atoms with Crippen LogP contribution in [0.2, 0.25) is 5.02 Å². The van der Waals surface area contributed by atoms with Gasteiger partial charge in [0.05, 0.1) is 13.7 Å². The Labute approximate surface area is 118 Å². The molecule has 0 spiro atoms. The van der Waals surface area contributed by atoms with Crippen molar-refractivity contribution < 1.29 is 9.84 Å². The van der Waals surface area contributed by atoms with Gasteiger partial charge in [-0.2, -0.15) is 0 Å². The van der Waals surface area contributed by atoms with E-state index >= 15 is 0 Å². The lowest BCUT2D eigenvalue weighted by molar-refractivity contribution is 0.282. The van der Waals surface area contributed by atoms with Crippen molar-refractivity contribution in [2.75, 3.05) is 19.1 Å². The van der Waals surface area contributed by atoms with E-state index < -0.39 is 0 Å². The molecule has 2 rings (SSSR count). The van der Waals surface area contributed by atoms with E-state index in [1.807, 2.05) is 48.3 Å². The fourth-order valence-corrected chi connectivity index (χ4v) is 2.16.